The molecule has 2 N–H and O–H groups in total. The second kappa shape index (κ2) is 6.74. The molecule has 3 aromatic rings. The van der Waals surface area contributed by atoms with Crippen LogP contribution in [0.25, 0.3) is 5.69 Å². The van der Waals surface area contributed by atoms with Gasteiger partial charge in [0.05, 0.1) is 22.8 Å². The van der Waals surface area contributed by atoms with Crippen molar-refractivity contribution in [2.24, 2.45) is 0 Å². The van der Waals surface area contributed by atoms with Gasteiger partial charge in [-0.3, -0.25) is 9.59 Å². The molecular formula is C25H24N4O2. The standard InChI is InChI=1S/C25H24N4O2/c30-23-16-18(17-6-1-2-7-19(17)26-23)24(31)28-14-11-25(12-15-28)22-10-5-13-29(22)21-9-4-3-8-20(21)27-25/h1-10,13,18,27H,11-12,14-16H2,(H,26,30). The maximum atomic E-state index is 13.4. The van der Waals surface area contributed by atoms with E-state index in [1.54, 1.807) is 0 Å². The van der Waals surface area contributed by atoms with Gasteiger partial charge in [0.25, 0.3) is 0 Å². The molecule has 2 aromatic carbocycles. The van der Waals surface area contributed by atoms with Gasteiger partial charge in [-0.1, -0.05) is 30.3 Å². The fraction of sp³-hybridized carbons (Fsp3) is 0.280. The van der Waals surface area contributed by atoms with Gasteiger partial charge in [0.15, 0.2) is 0 Å². The van der Waals surface area contributed by atoms with Crippen molar-refractivity contribution in [1.29, 1.82) is 0 Å². The minimum absolute atomic E-state index is 0.0590. The average molecular weight is 412 g/mol. The van der Waals surface area contributed by atoms with Crippen LogP contribution in [0.1, 0.15) is 36.4 Å². The van der Waals surface area contributed by atoms with Crippen molar-refractivity contribution in [2.75, 3.05) is 23.7 Å². The monoisotopic (exact) mass is 412 g/mol. The van der Waals surface area contributed by atoms with Crippen molar-refractivity contribution >= 4 is 23.2 Å². The van der Waals surface area contributed by atoms with E-state index in [2.05, 4.69) is 57.8 Å². The van der Waals surface area contributed by atoms with E-state index >= 15 is 0 Å². The van der Waals surface area contributed by atoms with Crippen LogP contribution >= 0.6 is 0 Å². The molecule has 0 saturated carbocycles. The van der Waals surface area contributed by atoms with Gasteiger partial charge in [-0.25, -0.2) is 0 Å². The van der Waals surface area contributed by atoms with Gasteiger partial charge < -0.3 is 20.1 Å². The summed E-state index contributed by atoms with van der Waals surface area (Å²) in [5.41, 5.74) is 5.04. The molecule has 1 saturated heterocycles. The summed E-state index contributed by atoms with van der Waals surface area (Å²) in [6, 6.07) is 20.3. The first-order valence-electron chi connectivity index (χ1n) is 10.9. The lowest BCUT2D eigenvalue weighted by Gasteiger charge is -2.47. The van der Waals surface area contributed by atoms with Gasteiger partial charge in [0.2, 0.25) is 11.8 Å². The number of aromatic nitrogens is 1. The fourth-order valence-electron chi connectivity index (χ4n) is 5.43. The molecule has 3 aliphatic heterocycles. The smallest absolute Gasteiger partial charge is 0.230 e. The summed E-state index contributed by atoms with van der Waals surface area (Å²) in [6.45, 7) is 1.33. The number of piperidine rings is 1. The number of anilines is 2. The molecule has 0 bridgehead atoms. The number of nitrogens with zero attached hydrogens (tertiary/aromatic N) is 2. The van der Waals surface area contributed by atoms with Crippen molar-refractivity contribution in [3.05, 3.63) is 78.1 Å². The number of carbonyl (C=O) groups is 2. The summed E-state index contributed by atoms with van der Waals surface area (Å²) < 4.78 is 2.27. The minimum Gasteiger partial charge on any atom is -0.372 e. The molecule has 4 heterocycles. The van der Waals surface area contributed by atoms with Gasteiger partial charge in [-0.15, -0.1) is 0 Å². The van der Waals surface area contributed by atoms with Crippen molar-refractivity contribution < 1.29 is 9.59 Å². The quantitative estimate of drug-likeness (QED) is 0.638. The van der Waals surface area contributed by atoms with Gasteiger partial charge in [0, 0.05) is 37.1 Å². The molecule has 1 aromatic heterocycles. The number of carbonyl (C=O) groups excluding carboxylic acids is 2. The van der Waals surface area contributed by atoms with E-state index < -0.39 is 5.92 Å². The predicted molar refractivity (Wildman–Crippen MR) is 119 cm³/mol. The highest BCUT2D eigenvalue weighted by atomic mass is 16.2. The second-order valence-electron chi connectivity index (χ2n) is 8.71. The molecule has 6 nitrogen and oxygen atoms in total. The van der Waals surface area contributed by atoms with Crippen LogP contribution in [0.4, 0.5) is 11.4 Å². The van der Waals surface area contributed by atoms with Gasteiger partial charge in [-0.2, -0.15) is 0 Å². The number of benzene rings is 2. The molecule has 31 heavy (non-hydrogen) atoms. The Kier molecular flexibility index (Phi) is 3.96. The lowest BCUT2D eigenvalue weighted by Crippen LogP contribution is -2.52. The molecule has 0 aliphatic carbocycles. The van der Waals surface area contributed by atoms with Crippen molar-refractivity contribution in [3.8, 4) is 5.69 Å². The van der Waals surface area contributed by atoms with E-state index in [-0.39, 0.29) is 23.8 Å². The summed E-state index contributed by atoms with van der Waals surface area (Å²) in [7, 11) is 0. The van der Waals surface area contributed by atoms with Gasteiger partial charge in [0.1, 0.15) is 0 Å². The number of para-hydroxylation sites is 3. The highest BCUT2D eigenvalue weighted by molar-refractivity contribution is 6.01. The van der Waals surface area contributed by atoms with Crippen LogP contribution in [0, 0.1) is 0 Å². The lowest BCUT2D eigenvalue weighted by atomic mass is 9.81. The number of amides is 2. The topological polar surface area (TPSA) is 66.4 Å². The highest BCUT2D eigenvalue weighted by Gasteiger charge is 2.43. The van der Waals surface area contributed by atoms with Crippen LogP contribution in [-0.2, 0) is 15.1 Å². The highest BCUT2D eigenvalue weighted by Crippen LogP contribution is 2.44. The molecule has 1 spiro atoms. The molecule has 1 unspecified atom stereocenters. The Hall–Kier alpha value is -3.54. The number of hydrogen-bond acceptors (Lipinski definition) is 3. The summed E-state index contributed by atoms with van der Waals surface area (Å²) in [5.74, 6) is -0.430. The number of hydrogen-bond donors (Lipinski definition) is 2. The molecule has 156 valence electrons. The normalized spacial score (nSPS) is 20.8. The third-order valence-corrected chi connectivity index (χ3v) is 7.00. The molecule has 1 atom stereocenters. The molecule has 6 heteroatoms. The van der Waals surface area contributed by atoms with E-state index in [4.69, 9.17) is 0 Å². The predicted octanol–water partition coefficient (Wildman–Crippen LogP) is 3.85. The second-order valence-corrected chi connectivity index (χ2v) is 8.71. The van der Waals surface area contributed by atoms with Crippen molar-refractivity contribution in [2.45, 2.75) is 30.7 Å². The number of rotatable bonds is 1. The van der Waals surface area contributed by atoms with E-state index in [1.807, 2.05) is 29.2 Å². The zero-order valence-corrected chi connectivity index (χ0v) is 17.2. The van der Waals surface area contributed by atoms with E-state index in [0.29, 0.717) is 13.1 Å². The van der Waals surface area contributed by atoms with Crippen LogP contribution in [0.3, 0.4) is 0 Å². The SMILES string of the molecule is O=C1CC(C(=O)N2CCC3(CC2)Nc2ccccc2-n2cccc23)c2ccccc2N1. The Morgan fingerprint density at radius 3 is 2.52 bits per heavy atom. The van der Waals surface area contributed by atoms with Crippen molar-refractivity contribution in [1.82, 2.24) is 9.47 Å². The van der Waals surface area contributed by atoms with Crippen LogP contribution in [0.15, 0.2) is 66.9 Å². The van der Waals surface area contributed by atoms with E-state index in [1.165, 1.54) is 5.69 Å². The Labute approximate surface area is 180 Å². The number of nitrogens with one attached hydrogen (secondary N) is 2. The lowest BCUT2D eigenvalue weighted by molar-refractivity contribution is -0.136. The van der Waals surface area contributed by atoms with Crippen LogP contribution < -0.4 is 10.6 Å². The Morgan fingerprint density at radius 2 is 1.68 bits per heavy atom. The molecule has 1 fully saturated rings. The first-order chi connectivity index (χ1) is 15.1. The van der Waals surface area contributed by atoms with Crippen LogP contribution in [0.2, 0.25) is 0 Å². The van der Waals surface area contributed by atoms with Gasteiger partial charge in [-0.05, 0) is 48.7 Å². The maximum absolute atomic E-state index is 13.4. The fourth-order valence-corrected chi connectivity index (χ4v) is 5.43. The van der Waals surface area contributed by atoms with Crippen molar-refractivity contribution in [3.63, 3.8) is 0 Å². The Morgan fingerprint density at radius 1 is 0.935 bits per heavy atom. The molecule has 2 amide bonds. The summed E-state index contributed by atoms with van der Waals surface area (Å²) in [5, 5.41) is 6.68. The zero-order chi connectivity index (χ0) is 21.0. The molecule has 0 radical (unpaired) electrons. The van der Waals surface area contributed by atoms with E-state index in [0.717, 1.165) is 35.5 Å². The largest absolute Gasteiger partial charge is 0.372 e. The van der Waals surface area contributed by atoms with Crippen LogP contribution in [0.5, 0.6) is 0 Å². The maximum Gasteiger partial charge on any atom is 0.230 e. The van der Waals surface area contributed by atoms with E-state index in [9.17, 15) is 9.59 Å². The number of likely N-dealkylation sites (tertiary alicyclic amines) is 1. The summed E-state index contributed by atoms with van der Waals surface area (Å²) >= 11 is 0. The molecule has 6 rings (SSSR count). The Bertz CT molecular complexity index is 1190. The third-order valence-electron chi connectivity index (χ3n) is 7.00. The summed E-state index contributed by atoms with van der Waals surface area (Å²) in [4.78, 5) is 27.6. The van der Waals surface area contributed by atoms with Gasteiger partial charge >= 0.3 is 0 Å². The minimum atomic E-state index is -0.400. The van der Waals surface area contributed by atoms with Crippen LogP contribution in [-0.4, -0.2) is 34.4 Å². The first-order valence-corrected chi connectivity index (χ1v) is 10.9. The number of fused-ring (bicyclic) bond motifs is 5. The Balaban J connectivity index is 1.26. The average Bonchev–Trinajstić information content (AvgIpc) is 3.30. The third kappa shape index (κ3) is 2.78. The molecule has 3 aliphatic rings. The zero-order valence-electron chi connectivity index (χ0n) is 17.2. The molecular weight excluding hydrogens is 388 g/mol. The first kappa shape index (κ1) is 18.2. The summed E-state index contributed by atoms with van der Waals surface area (Å²) in [6.07, 6.45) is 3.99.